The fraction of sp³-hybridized carbons (Fsp3) is 0.714. The van der Waals surface area contributed by atoms with E-state index in [0.717, 1.165) is 0 Å². The molecule has 0 aromatic heterocycles. The number of aliphatic hydroxyl groups excluding tert-OH is 2. The minimum Gasteiger partial charge on any atom is -0.461 e. The molecule has 9 nitrogen and oxygen atoms in total. The molecule has 0 saturated heterocycles. The highest BCUT2D eigenvalue weighted by Gasteiger charge is 2.64. The van der Waals surface area contributed by atoms with Gasteiger partial charge in [0.05, 0.1) is 17.6 Å². The minimum absolute atomic E-state index is 0.0568. The minimum atomic E-state index is -1.45. The van der Waals surface area contributed by atoms with Crippen molar-refractivity contribution in [2.24, 2.45) is 22.2 Å². The van der Waals surface area contributed by atoms with E-state index >= 15 is 0 Å². The maximum absolute atomic E-state index is 14.7. The van der Waals surface area contributed by atoms with Crippen molar-refractivity contribution in [2.75, 3.05) is 0 Å². The Kier molecular flexibility index (Phi) is 7.58. The normalized spacial score (nSPS) is 36.7. The highest BCUT2D eigenvalue weighted by Crippen LogP contribution is 2.59. The van der Waals surface area contributed by atoms with E-state index in [-0.39, 0.29) is 12.8 Å². The zero-order valence-electron chi connectivity index (χ0n) is 23.2. The average Bonchev–Trinajstić information content (AvgIpc) is 2.74. The van der Waals surface area contributed by atoms with Gasteiger partial charge in [0.1, 0.15) is 12.2 Å². The van der Waals surface area contributed by atoms with Gasteiger partial charge in [-0.25, -0.2) is 0 Å². The van der Waals surface area contributed by atoms with Gasteiger partial charge in [0, 0.05) is 38.5 Å². The molecule has 3 aliphatic carbocycles. The number of carbonyl (C=O) groups excluding carboxylic acids is 4. The predicted molar refractivity (Wildman–Crippen MR) is 133 cm³/mol. The third-order valence-electron chi connectivity index (χ3n) is 9.13. The zero-order valence-corrected chi connectivity index (χ0v) is 23.2. The van der Waals surface area contributed by atoms with Crippen molar-refractivity contribution < 1.29 is 43.6 Å². The van der Waals surface area contributed by atoms with Crippen LogP contribution in [-0.4, -0.2) is 64.4 Å². The number of hydrogen-bond donors (Lipinski definition) is 2. The van der Waals surface area contributed by atoms with E-state index in [4.69, 9.17) is 14.2 Å². The first-order valence-electron chi connectivity index (χ1n) is 12.7. The van der Waals surface area contributed by atoms with Gasteiger partial charge < -0.3 is 24.4 Å². The van der Waals surface area contributed by atoms with Crippen molar-refractivity contribution in [3.05, 3.63) is 22.8 Å². The largest absolute Gasteiger partial charge is 0.461 e. The Labute approximate surface area is 218 Å². The Morgan fingerprint density at radius 3 is 1.95 bits per heavy atom. The van der Waals surface area contributed by atoms with E-state index < -0.39 is 76.4 Å². The van der Waals surface area contributed by atoms with Crippen molar-refractivity contribution in [2.45, 2.75) is 106 Å². The Morgan fingerprint density at radius 1 is 0.892 bits per heavy atom. The molecule has 1 saturated carbocycles. The van der Waals surface area contributed by atoms with Crippen LogP contribution in [0.3, 0.4) is 0 Å². The summed E-state index contributed by atoms with van der Waals surface area (Å²) in [4.78, 5) is 51.1. The lowest BCUT2D eigenvalue weighted by molar-refractivity contribution is -0.181. The van der Waals surface area contributed by atoms with E-state index in [0.29, 0.717) is 16.7 Å². The summed E-state index contributed by atoms with van der Waals surface area (Å²) in [5, 5.41) is 22.7. The van der Waals surface area contributed by atoms with Gasteiger partial charge in [-0.05, 0) is 42.4 Å². The number of esters is 3. The topological polar surface area (TPSA) is 136 Å². The maximum Gasteiger partial charge on any atom is 0.303 e. The molecule has 7 unspecified atom stereocenters. The molecule has 206 valence electrons. The molecule has 4 bridgehead atoms. The molecule has 0 aromatic rings. The molecule has 3 rings (SSSR count). The first-order chi connectivity index (χ1) is 16.9. The van der Waals surface area contributed by atoms with E-state index in [2.05, 4.69) is 0 Å². The van der Waals surface area contributed by atoms with E-state index in [1.807, 2.05) is 13.8 Å². The second-order valence-electron chi connectivity index (χ2n) is 11.9. The van der Waals surface area contributed by atoms with Crippen molar-refractivity contribution in [1.29, 1.82) is 0 Å². The van der Waals surface area contributed by atoms with Gasteiger partial charge in [-0.1, -0.05) is 33.8 Å². The lowest BCUT2D eigenvalue weighted by atomic mass is 9.49. The van der Waals surface area contributed by atoms with E-state index in [1.54, 1.807) is 33.8 Å². The molecule has 2 N–H and O–H groups in total. The first-order valence-corrected chi connectivity index (χ1v) is 12.7. The van der Waals surface area contributed by atoms with Crippen LogP contribution in [-0.2, 0) is 33.4 Å². The summed E-state index contributed by atoms with van der Waals surface area (Å²) in [6.45, 7) is 14.4. The Hall–Kier alpha value is -2.52. The smallest absolute Gasteiger partial charge is 0.303 e. The number of carbonyl (C=O) groups is 4. The SMILES string of the molecule is CC(=O)OC1CC2C(O)C=C3C(O)CC(OC(C)=O)C(C)(C(=O)C(OC(C)=O)C(=C1C)C2(C)C)C3(C)C. The molecular weight excluding hydrogens is 480 g/mol. The number of aliphatic hydroxyl groups is 2. The molecule has 0 spiro atoms. The van der Waals surface area contributed by atoms with Crippen LogP contribution >= 0.6 is 0 Å². The number of fused-ring (bicyclic) bond motifs is 4. The van der Waals surface area contributed by atoms with Crippen molar-refractivity contribution in [1.82, 2.24) is 0 Å². The first kappa shape index (κ1) is 29.0. The van der Waals surface area contributed by atoms with E-state index in [9.17, 15) is 29.4 Å². The molecule has 3 aliphatic rings. The van der Waals surface area contributed by atoms with Crippen LogP contribution in [0.15, 0.2) is 22.8 Å². The third kappa shape index (κ3) is 4.65. The summed E-state index contributed by atoms with van der Waals surface area (Å²) in [5.41, 5.74) is -1.95. The van der Waals surface area contributed by atoms with Crippen LogP contribution in [0.25, 0.3) is 0 Å². The fourth-order valence-corrected chi connectivity index (χ4v) is 6.85. The molecule has 1 fully saturated rings. The third-order valence-corrected chi connectivity index (χ3v) is 9.13. The summed E-state index contributed by atoms with van der Waals surface area (Å²) < 4.78 is 17.0. The van der Waals surface area contributed by atoms with Crippen LogP contribution < -0.4 is 0 Å². The van der Waals surface area contributed by atoms with Gasteiger partial charge in [-0.2, -0.15) is 0 Å². The highest BCUT2D eigenvalue weighted by molar-refractivity contribution is 5.95. The number of rotatable bonds is 3. The molecular formula is C28H40O9. The van der Waals surface area contributed by atoms with Gasteiger partial charge in [0.2, 0.25) is 0 Å². The summed E-state index contributed by atoms with van der Waals surface area (Å²) in [6.07, 6.45) is -3.52. The Balaban J connectivity index is 2.43. The number of ether oxygens (including phenoxy) is 3. The van der Waals surface area contributed by atoms with Crippen LogP contribution in [0.5, 0.6) is 0 Å². The van der Waals surface area contributed by atoms with Crippen LogP contribution in [0.4, 0.5) is 0 Å². The van der Waals surface area contributed by atoms with Crippen molar-refractivity contribution in [3.8, 4) is 0 Å². The van der Waals surface area contributed by atoms with Crippen molar-refractivity contribution in [3.63, 3.8) is 0 Å². The fourth-order valence-electron chi connectivity index (χ4n) is 6.85. The summed E-state index contributed by atoms with van der Waals surface area (Å²) in [5.74, 6) is -2.84. The molecule has 37 heavy (non-hydrogen) atoms. The van der Waals surface area contributed by atoms with Gasteiger partial charge >= 0.3 is 17.9 Å². The second-order valence-corrected chi connectivity index (χ2v) is 11.9. The molecule has 0 radical (unpaired) electrons. The molecule has 7 atom stereocenters. The van der Waals surface area contributed by atoms with Gasteiger partial charge in [-0.3, -0.25) is 19.2 Å². The number of hydrogen-bond acceptors (Lipinski definition) is 9. The monoisotopic (exact) mass is 520 g/mol. The summed E-state index contributed by atoms with van der Waals surface area (Å²) in [6, 6.07) is 0. The summed E-state index contributed by atoms with van der Waals surface area (Å²) >= 11 is 0. The van der Waals surface area contributed by atoms with Gasteiger partial charge in [-0.15, -0.1) is 0 Å². The van der Waals surface area contributed by atoms with Gasteiger partial charge in [0.25, 0.3) is 0 Å². The number of Topliss-reactive ketones (excluding diaryl/α,β-unsaturated/α-hetero) is 1. The Bertz CT molecular complexity index is 1070. The summed E-state index contributed by atoms with van der Waals surface area (Å²) in [7, 11) is 0. The lowest BCUT2D eigenvalue weighted by Gasteiger charge is -2.57. The maximum atomic E-state index is 14.7. The molecule has 0 aliphatic heterocycles. The number of ketones is 1. The lowest BCUT2D eigenvalue weighted by Crippen LogP contribution is -2.63. The molecule has 9 heteroatoms. The average molecular weight is 521 g/mol. The van der Waals surface area contributed by atoms with Crippen molar-refractivity contribution >= 4 is 23.7 Å². The zero-order chi connectivity index (χ0) is 28.2. The molecule has 0 heterocycles. The van der Waals surface area contributed by atoms with Gasteiger partial charge in [0.15, 0.2) is 11.9 Å². The molecule has 0 amide bonds. The second kappa shape index (κ2) is 9.66. The Morgan fingerprint density at radius 2 is 1.43 bits per heavy atom. The van der Waals surface area contributed by atoms with Crippen LogP contribution in [0, 0.1) is 22.2 Å². The molecule has 0 aromatic carbocycles. The highest BCUT2D eigenvalue weighted by atomic mass is 16.6. The predicted octanol–water partition coefficient (Wildman–Crippen LogP) is 2.81. The van der Waals surface area contributed by atoms with Crippen LogP contribution in [0.1, 0.15) is 75.2 Å². The quantitative estimate of drug-likeness (QED) is 0.327. The van der Waals surface area contributed by atoms with E-state index in [1.165, 1.54) is 20.8 Å². The van der Waals surface area contributed by atoms with Crippen LogP contribution in [0.2, 0.25) is 0 Å². The standard InChI is InChI=1S/C28H40O9/c1-13-21(35-14(2)29)11-17-19(32)10-18-20(33)12-22(36-15(3)30)28(9,27(18,7)8)25(34)24(37-16(4)31)23(13)26(17,5)6/h10,17,19-22,24,32-33H,11-12H2,1-9H3.